The summed E-state index contributed by atoms with van der Waals surface area (Å²) in [5, 5.41) is 10.9. The summed E-state index contributed by atoms with van der Waals surface area (Å²) >= 11 is 0. The fourth-order valence-electron chi connectivity index (χ4n) is 1.64. The van der Waals surface area contributed by atoms with Crippen LogP contribution in [0, 0.1) is 0 Å². The summed E-state index contributed by atoms with van der Waals surface area (Å²) in [5.74, 6) is -2.02. The summed E-state index contributed by atoms with van der Waals surface area (Å²) in [6, 6.07) is 4.49. The first kappa shape index (κ1) is 18.8. The Hall–Kier alpha value is -2.26. The van der Waals surface area contributed by atoms with Gasteiger partial charge in [0.1, 0.15) is 6.04 Å². The summed E-state index contributed by atoms with van der Waals surface area (Å²) in [7, 11) is -3.86. The number of carbonyl (C=O) groups excluding carboxylic acids is 2. The molecule has 0 spiro atoms. The normalized spacial score (nSPS) is 12.4. The van der Waals surface area contributed by atoms with E-state index in [0.29, 0.717) is 0 Å². The minimum atomic E-state index is -3.86. The third-order valence-corrected chi connectivity index (χ3v) is 4.40. The standard InChI is InChI=1S/C14H18N2O6S/c1-9(14(19)20)16-13(18)6-7-15-23(21,22)12-5-3-4-11(8-12)10(2)17/h3-5,8-9,15H,6-7H2,1-2H3,(H,16,18)(H,19,20)/t9-/m1/s1. The predicted octanol–water partition coefficient (Wildman–Crippen LogP) is 0.147. The Morgan fingerprint density at radius 1 is 1.26 bits per heavy atom. The maximum Gasteiger partial charge on any atom is 0.325 e. The van der Waals surface area contributed by atoms with Gasteiger partial charge >= 0.3 is 5.97 Å². The lowest BCUT2D eigenvalue weighted by atomic mass is 10.2. The van der Waals surface area contributed by atoms with Gasteiger partial charge in [-0.25, -0.2) is 13.1 Å². The van der Waals surface area contributed by atoms with Crippen molar-refractivity contribution < 1.29 is 27.9 Å². The maximum absolute atomic E-state index is 12.1. The number of carboxylic acid groups (broad SMARTS) is 1. The first-order valence-electron chi connectivity index (χ1n) is 6.76. The van der Waals surface area contributed by atoms with Gasteiger partial charge in [-0.15, -0.1) is 0 Å². The van der Waals surface area contributed by atoms with Gasteiger partial charge in [0.2, 0.25) is 15.9 Å². The van der Waals surface area contributed by atoms with Gasteiger partial charge in [-0.2, -0.15) is 0 Å². The van der Waals surface area contributed by atoms with Gasteiger partial charge in [-0.1, -0.05) is 12.1 Å². The second-order valence-electron chi connectivity index (χ2n) is 4.86. The van der Waals surface area contributed by atoms with Crippen molar-refractivity contribution >= 4 is 27.7 Å². The van der Waals surface area contributed by atoms with E-state index in [1.807, 2.05) is 0 Å². The zero-order valence-corrected chi connectivity index (χ0v) is 13.5. The molecule has 0 aliphatic rings. The molecule has 0 aromatic heterocycles. The number of hydrogen-bond donors (Lipinski definition) is 3. The number of nitrogens with one attached hydrogen (secondary N) is 2. The Labute approximate surface area is 133 Å². The van der Waals surface area contributed by atoms with E-state index >= 15 is 0 Å². The van der Waals surface area contributed by atoms with E-state index in [1.165, 1.54) is 38.1 Å². The molecule has 1 amide bonds. The van der Waals surface area contributed by atoms with Crippen molar-refractivity contribution in [1.29, 1.82) is 0 Å². The summed E-state index contributed by atoms with van der Waals surface area (Å²) in [6.45, 7) is 2.44. The van der Waals surface area contributed by atoms with Crippen LogP contribution in [-0.2, 0) is 19.6 Å². The molecular formula is C14H18N2O6S. The third-order valence-electron chi connectivity index (χ3n) is 2.94. The monoisotopic (exact) mass is 342 g/mol. The fraction of sp³-hybridized carbons (Fsp3) is 0.357. The molecule has 3 N–H and O–H groups in total. The topological polar surface area (TPSA) is 130 Å². The Bertz CT molecular complexity index is 714. The van der Waals surface area contributed by atoms with E-state index < -0.39 is 27.9 Å². The average Bonchev–Trinajstić information content (AvgIpc) is 2.46. The number of sulfonamides is 1. The lowest BCUT2D eigenvalue weighted by Gasteiger charge is -2.10. The van der Waals surface area contributed by atoms with Crippen molar-refractivity contribution in [2.45, 2.75) is 31.2 Å². The highest BCUT2D eigenvalue weighted by Crippen LogP contribution is 2.11. The lowest BCUT2D eigenvalue weighted by Crippen LogP contribution is -2.39. The molecule has 1 rings (SSSR count). The van der Waals surface area contributed by atoms with Crippen LogP contribution in [0.15, 0.2) is 29.2 Å². The Kier molecular flexibility index (Phi) is 6.40. The number of amides is 1. The Morgan fingerprint density at radius 3 is 2.48 bits per heavy atom. The Morgan fingerprint density at radius 2 is 1.91 bits per heavy atom. The van der Waals surface area contributed by atoms with Gasteiger partial charge in [-0.3, -0.25) is 14.4 Å². The van der Waals surface area contributed by atoms with Gasteiger partial charge in [0.25, 0.3) is 0 Å². The second-order valence-corrected chi connectivity index (χ2v) is 6.63. The summed E-state index contributed by atoms with van der Waals surface area (Å²) in [6.07, 6.45) is -0.205. The van der Waals surface area contributed by atoms with Crippen molar-refractivity contribution in [2.24, 2.45) is 0 Å². The van der Waals surface area contributed by atoms with E-state index in [9.17, 15) is 22.8 Å². The molecule has 1 aromatic rings. The fourth-order valence-corrected chi connectivity index (χ4v) is 2.72. The van der Waals surface area contributed by atoms with Gasteiger partial charge in [0, 0.05) is 18.5 Å². The predicted molar refractivity (Wildman–Crippen MR) is 81.5 cm³/mol. The van der Waals surface area contributed by atoms with Crippen molar-refractivity contribution in [2.75, 3.05) is 6.54 Å². The van der Waals surface area contributed by atoms with Gasteiger partial charge in [0.15, 0.2) is 5.78 Å². The van der Waals surface area contributed by atoms with Crippen LogP contribution in [0.4, 0.5) is 0 Å². The van der Waals surface area contributed by atoms with Gasteiger partial charge in [-0.05, 0) is 26.0 Å². The summed E-state index contributed by atoms with van der Waals surface area (Å²) in [4.78, 5) is 33.2. The van der Waals surface area contributed by atoms with Crippen molar-refractivity contribution in [3.8, 4) is 0 Å². The van der Waals surface area contributed by atoms with Crippen LogP contribution in [-0.4, -0.2) is 43.8 Å². The van der Waals surface area contributed by atoms with Crippen LogP contribution in [0.2, 0.25) is 0 Å². The molecule has 0 unspecified atom stereocenters. The molecule has 126 valence electrons. The zero-order chi connectivity index (χ0) is 17.6. The van der Waals surface area contributed by atoms with E-state index in [0.717, 1.165) is 0 Å². The Balaban J connectivity index is 2.63. The molecule has 8 nitrogen and oxygen atoms in total. The first-order chi connectivity index (χ1) is 10.6. The van der Waals surface area contributed by atoms with E-state index in [-0.39, 0.29) is 29.2 Å². The summed E-state index contributed by atoms with van der Waals surface area (Å²) < 4.78 is 26.4. The quantitative estimate of drug-likeness (QED) is 0.577. The molecule has 0 heterocycles. The SMILES string of the molecule is CC(=O)c1cccc(S(=O)(=O)NCCC(=O)N[C@H](C)C(=O)O)c1. The molecular weight excluding hydrogens is 324 g/mol. The van der Waals surface area contributed by atoms with Crippen LogP contribution in [0.25, 0.3) is 0 Å². The number of aliphatic carboxylic acids is 1. The molecule has 23 heavy (non-hydrogen) atoms. The molecule has 0 radical (unpaired) electrons. The first-order valence-corrected chi connectivity index (χ1v) is 8.24. The van der Waals surface area contributed by atoms with Crippen molar-refractivity contribution in [3.63, 3.8) is 0 Å². The highest BCUT2D eigenvalue weighted by atomic mass is 32.2. The number of carboxylic acids is 1. The van der Waals surface area contributed by atoms with E-state index in [2.05, 4.69) is 10.0 Å². The molecule has 0 saturated carbocycles. The number of rotatable bonds is 8. The van der Waals surface area contributed by atoms with Crippen LogP contribution < -0.4 is 10.0 Å². The van der Waals surface area contributed by atoms with E-state index in [1.54, 1.807) is 0 Å². The number of hydrogen-bond acceptors (Lipinski definition) is 5. The minimum Gasteiger partial charge on any atom is -0.480 e. The third kappa shape index (κ3) is 5.80. The second kappa shape index (κ2) is 7.84. The van der Waals surface area contributed by atoms with Crippen LogP contribution in [0.1, 0.15) is 30.6 Å². The number of carbonyl (C=O) groups is 3. The highest BCUT2D eigenvalue weighted by Gasteiger charge is 2.17. The van der Waals surface area contributed by atoms with Crippen LogP contribution in [0.5, 0.6) is 0 Å². The highest BCUT2D eigenvalue weighted by molar-refractivity contribution is 7.89. The van der Waals surface area contributed by atoms with Gasteiger partial charge in [0.05, 0.1) is 4.90 Å². The minimum absolute atomic E-state index is 0.0792. The van der Waals surface area contributed by atoms with E-state index in [4.69, 9.17) is 5.11 Å². The molecule has 9 heteroatoms. The molecule has 1 aromatic carbocycles. The molecule has 0 aliphatic heterocycles. The largest absolute Gasteiger partial charge is 0.480 e. The number of ketones is 1. The smallest absolute Gasteiger partial charge is 0.325 e. The molecule has 0 fully saturated rings. The van der Waals surface area contributed by atoms with Crippen LogP contribution >= 0.6 is 0 Å². The summed E-state index contributed by atoms with van der Waals surface area (Å²) in [5.41, 5.74) is 0.265. The average molecular weight is 342 g/mol. The maximum atomic E-state index is 12.1. The van der Waals surface area contributed by atoms with Crippen LogP contribution in [0.3, 0.4) is 0 Å². The molecule has 0 aliphatic carbocycles. The van der Waals surface area contributed by atoms with Crippen molar-refractivity contribution in [1.82, 2.24) is 10.0 Å². The zero-order valence-electron chi connectivity index (χ0n) is 12.7. The van der Waals surface area contributed by atoms with Crippen molar-refractivity contribution in [3.05, 3.63) is 29.8 Å². The number of benzene rings is 1. The molecule has 0 saturated heterocycles. The number of Topliss-reactive ketones (excluding diaryl/α,β-unsaturated/α-hetero) is 1. The molecule has 0 bridgehead atoms. The lowest BCUT2D eigenvalue weighted by molar-refractivity contribution is -0.141. The molecule has 1 atom stereocenters. The van der Waals surface area contributed by atoms with Gasteiger partial charge < -0.3 is 10.4 Å².